The van der Waals surface area contributed by atoms with E-state index in [-0.39, 0.29) is 6.61 Å². The Morgan fingerprint density at radius 1 is 0.917 bits per heavy atom. The number of nitrogens with two attached hydrogens (primary N) is 1. The van der Waals surface area contributed by atoms with Gasteiger partial charge in [0.05, 0.1) is 24.8 Å². The third kappa shape index (κ3) is 6.50. The van der Waals surface area contributed by atoms with Crippen molar-refractivity contribution in [3.63, 3.8) is 0 Å². The highest BCUT2D eigenvalue weighted by molar-refractivity contribution is 5.73. The Hall–Kier alpha value is -1.05. The van der Waals surface area contributed by atoms with E-state index < -0.39 is 91.9 Å². The molecule has 10 N–H and O–H groups in total. The number of rotatable bonds is 8. The minimum atomic E-state index is -1.81. The number of carbonyl (C=O) groups excluding carboxylic acids is 1. The Kier molecular flexibility index (Phi) is 10.4. The summed E-state index contributed by atoms with van der Waals surface area (Å²) in [5.74, 6) is -1.26. The van der Waals surface area contributed by atoms with Crippen LogP contribution in [0.1, 0.15) is 27.2 Å². The van der Waals surface area contributed by atoms with Crippen molar-refractivity contribution in [1.29, 1.82) is 0 Å². The fourth-order valence-corrected chi connectivity index (χ4v) is 4.41. The summed E-state index contributed by atoms with van der Waals surface area (Å²) in [6.45, 7) is 4.91. The summed E-state index contributed by atoms with van der Waals surface area (Å²) in [6, 6.07) is -3.00. The first-order chi connectivity index (χ1) is 17.0. The number of hydrogen-bond acceptors (Lipinski definition) is 14. The van der Waals surface area contributed by atoms with Gasteiger partial charge < -0.3 is 70.7 Å². The van der Waals surface area contributed by atoms with Gasteiger partial charge in [0.25, 0.3) is 0 Å². The first-order valence-electron chi connectivity index (χ1n) is 12.0. The topological polar surface area (TPSA) is 235 Å². The minimum Gasteiger partial charge on any atom is -0.390 e. The molecule has 0 radical (unpaired) electrons. The van der Waals surface area contributed by atoms with Crippen LogP contribution in [0, 0.1) is 5.92 Å². The normalized spacial score (nSPS) is 47.9. The van der Waals surface area contributed by atoms with Crippen molar-refractivity contribution in [3.8, 4) is 0 Å². The van der Waals surface area contributed by atoms with E-state index in [9.17, 15) is 35.4 Å². The molecule has 0 aromatic rings. The van der Waals surface area contributed by atoms with Gasteiger partial charge in [-0.2, -0.15) is 0 Å². The van der Waals surface area contributed by atoms with Crippen molar-refractivity contribution in [2.24, 2.45) is 11.7 Å². The quantitative estimate of drug-likeness (QED) is 0.145. The molecule has 3 aliphatic rings. The zero-order valence-corrected chi connectivity index (χ0v) is 20.4. The van der Waals surface area contributed by atoms with Gasteiger partial charge >= 0.3 is 0 Å². The van der Waals surface area contributed by atoms with Crippen LogP contribution in [0.3, 0.4) is 0 Å². The lowest BCUT2D eigenvalue weighted by molar-refractivity contribution is -0.383. The molecule has 3 rings (SSSR count). The zero-order chi connectivity index (χ0) is 26.7. The molecule has 3 heterocycles. The lowest BCUT2D eigenvalue weighted by atomic mass is 9.93. The van der Waals surface area contributed by atoms with Crippen LogP contribution in [-0.4, -0.2) is 130 Å². The number of nitrogens with one attached hydrogen (secondary N) is 2. The Morgan fingerprint density at radius 3 is 2.11 bits per heavy atom. The molecule has 0 spiro atoms. The highest BCUT2D eigenvalue weighted by atomic mass is 16.8. The van der Waals surface area contributed by atoms with Crippen molar-refractivity contribution >= 4 is 5.91 Å². The van der Waals surface area contributed by atoms with E-state index in [4.69, 9.17) is 29.4 Å². The van der Waals surface area contributed by atoms with Crippen molar-refractivity contribution < 1.29 is 59.1 Å². The summed E-state index contributed by atoms with van der Waals surface area (Å²) in [6.07, 6.45) is -13.9. The highest BCUT2D eigenvalue weighted by Crippen LogP contribution is 2.31. The lowest BCUT2D eigenvalue weighted by Crippen LogP contribution is -2.68. The first kappa shape index (κ1) is 29.5. The molecule has 15 nitrogen and oxygen atoms in total. The van der Waals surface area contributed by atoms with Crippen LogP contribution in [0.2, 0.25) is 0 Å². The Labute approximate surface area is 208 Å². The molecule has 6 unspecified atom stereocenters. The molecular weight excluding hydrogens is 486 g/mol. The second-order valence-corrected chi connectivity index (χ2v) is 9.42. The second kappa shape index (κ2) is 12.7. The van der Waals surface area contributed by atoms with Gasteiger partial charge in [-0.05, 0) is 13.0 Å². The number of aliphatic hydroxyl groups excluding tert-OH is 6. The van der Waals surface area contributed by atoms with Gasteiger partial charge in [-0.25, -0.2) is 0 Å². The summed E-state index contributed by atoms with van der Waals surface area (Å²) in [5, 5.41) is 68.6. The van der Waals surface area contributed by atoms with Gasteiger partial charge in [0.15, 0.2) is 31.5 Å². The molecule has 3 aliphatic heterocycles. The van der Waals surface area contributed by atoms with E-state index in [0.29, 0.717) is 13.0 Å². The van der Waals surface area contributed by atoms with Gasteiger partial charge in [-0.3, -0.25) is 4.79 Å². The van der Waals surface area contributed by atoms with Crippen LogP contribution in [0.5, 0.6) is 0 Å². The predicted octanol–water partition coefficient (Wildman–Crippen LogP) is -4.63. The minimum absolute atomic E-state index is 0.0977. The molecule has 15 heteroatoms. The number of amides is 1. The van der Waals surface area contributed by atoms with Gasteiger partial charge in [-0.1, -0.05) is 13.8 Å². The molecule has 1 amide bonds. The van der Waals surface area contributed by atoms with E-state index in [1.54, 1.807) is 0 Å². The molecule has 0 aromatic carbocycles. The summed E-state index contributed by atoms with van der Waals surface area (Å²) in [7, 11) is 0. The monoisotopic (exact) mass is 525 g/mol. The van der Waals surface area contributed by atoms with Gasteiger partial charge in [0.2, 0.25) is 5.91 Å². The fourth-order valence-electron chi connectivity index (χ4n) is 4.41. The molecule has 14 atom stereocenters. The van der Waals surface area contributed by atoms with Crippen LogP contribution >= 0.6 is 0 Å². The average molecular weight is 526 g/mol. The Morgan fingerprint density at radius 2 is 1.50 bits per heavy atom. The Balaban J connectivity index is 1.78. The maximum absolute atomic E-state index is 11.7. The third-order valence-electron chi connectivity index (χ3n) is 6.57. The SMILES string of the molecule is CCCNC1[C@H](O[C@@H]2C(O)OCC(N)[C@H]2O)OC(O)[C@@H](O[C@@H]2OC(O)[C@H](C)[C@H](O)C2NC(C)=O)[C@@H]1O. The Bertz CT molecular complexity index is 722. The number of carbonyl (C=O) groups is 1. The summed E-state index contributed by atoms with van der Waals surface area (Å²) < 4.78 is 27.5. The van der Waals surface area contributed by atoms with Crippen molar-refractivity contribution in [3.05, 3.63) is 0 Å². The number of ether oxygens (including phenoxy) is 5. The van der Waals surface area contributed by atoms with Crippen LogP contribution in [-0.2, 0) is 28.5 Å². The molecule has 0 aromatic heterocycles. The van der Waals surface area contributed by atoms with Gasteiger partial charge in [0.1, 0.15) is 30.5 Å². The van der Waals surface area contributed by atoms with Crippen molar-refractivity contribution in [2.75, 3.05) is 13.2 Å². The standard InChI is InChI=1S/C21H39N3O12/c1-4-5-23-10-14(28)16(34-21-11(24-8(3)25)12(26)7(2)17(29)35-21)19(31)36-20(10)33-15-13(27)9(22)6-32-18(15)30/h7,9-21,23,26-31H,4-6,22H2,1-3H3,(H,24,25)/t7-,9?,10?,11?,12+,13-,14-,15+,16+,17?,18?,19?,20-,21-/m1/s1. The van der Waals surface area contributed by atoms with E-state index in [0.717, 1.165) is 0 Å². The van der Waals surface area contributed by atoms with E-state index in [2.05, 4.69) is 10.6 Å². The fraction of sp³-hybridized carbons (Fsp3) is 0.952. The maximum atomic E-state index is 11.7. The first-order valence-corrected chi connectivity index (χ1v) is 12.0. The number of hydrogen-bond donors (Lipinski definition) is 9. The second-order valence-electron chi connectivity index (χ2n) is 9.42. The average Bonchev–Trinajstić information content (AvgIpc) is 2.82. The van der Waals surface area contributed by atoms with E-state index in [1.807, 2.05) is 6.92 Å². The molecule has 3 saturated heterocycles. The number of aliphatic hydroxyl groups is 6. The van der Waals surface area contributed by atoms with Gasteiger partial charge in [-0.15, -0.1) is 0 Å². The van der Waals surface area contributed by atoms with E-state index >= 15 is 0 Å². The summed E-state index contributed by atoms with van der Waals surface area (Å²) in [5.41, 5.74) is 5.79. The largest absolute Gasteiger partial charge is 0.390 e. The van der Waals surface area contributed by atoms with Gasteiger partial charge in [0, 0.05) is 12.8 Å². The third-order valence-corrected chi connectivity index (χ3v) is 6.57. The molecule has 210 valence electrons. The van der Waals surface area contributed by atoms with Crippen LogP contribution < -0.4 is 16.4 Å². The summed E-state index contributed by atoms with van der Waals surface area (Å²) in [4.78, 5) is 11.7. The molecule has 0 aliphatic carbocycles. The lowest BCUT2D eigenvalue weighted by Gasteiger charge is -2.48. The molecule has 0 bridgehead atoms. The summed E-state index contributed by atoms with van der Waals surface area (Å²) >= 11 is 0. The van der Waals surface area contributed by atoms with E-state index in [1.165, 1.54) is 13.8 Å². The molecule has 36 heavy (non-hydrogen) atoms. The predicted molar refractivity (Wildman–Crippen MR) is 118 cm³/mol. The molecular formula is C21H39N3O12. The molecule has 0 saturated carbocycles. The van der Waals surface area contributed by atoms with Crippen molar-refractivity contribution in [2.45, 2.75) is 107 Å². The highest BCUT2D eigenvalue weighted by Gasteiger charge is 2.52. The van der Waals surface area contributed by atoms with Crippen LogP contribution in [0.25, 0.3) is 0 Å². The van der Waals surface area contributed by atoms with Crippen LogP contribution in [0.15, 0.2) is 0 Å². The van der Waals surface area contributed by atoms with Crippen LogP contribution in [0.4, 0.5) is 0 Å². The zero-order valence-electron chi connectivity index (χ0n) is 20.4. The molecule has 3 fully saturated rings. The maximum Gasteiger partial charge on any atom is 0.217 e. The smallest absolute Gasteiger partial charge is 0.217 e. The van der Waals surface area contributed by atoms with Crippen molar-refractivity contribution in [1.82, 2.24) is 10.6 Å².